The largest absolute Gasteiger partial charge is 0.501 e. The van der Waals surface area contributed by atoms with Crippen LogP contribution in [-0.2, 0) is 32.5 Å². The highest BCUT2D eigenvalue weighted by molar-refractivity contribution is 7.92. The van der Waals surface area contributed by atoms with E-state index in [9.17, 15) is 43.2 Å². The molecular weight excluding hydrogens is 448 g/mol. The van der Waals surface area contributed by atoms with E-state index < -0.39 is 53.4 Å². The van der Waals surface area contributed by atoms with E-state index in [1.165, 1.54) is 18.2 Å². The molecule has 1 N–H and O–H groups in total. The Morgan fingerprint density at radius 3 is 1.79 bits per heavy atom. The van der Waals surface area contributed by atoms with E-state index in [2.05, 4.69) is 0 Å². The van der Waals surface area contributed by atoms with Gasteiger partial charge in [-0.15, -0.1) is 0 Å². The van der Waals surface area contributed by atoms with Crippen molar-refractivity contribution < 1.29 is 43.2 Å². The quantitative estimate of drug-likeness (QED) is 0.668. The van der Waals surface area contributed by atoms with Gasteiger partial charge in [0, 0.05) is 6.54 Å². The normalized spacial score (nSPS) is 13.4. The summed E-state index contributed by atoms with van der Waals surface area (Å²) < 4.78 is 125. The zero-order chi connectivity index (χ0) is 22.1. The molecule has 2 aromatic rings. The van der Waals surface area contributed by atoms with Crippen LogP contribution >= 0.6 is 0 Å². The van der Waals surface area contributed by atoms with Crippen molar-refractivity contribution >= 4 is 19.9 Å². The molecule has 0 aliphatic heterocycles. The summed E-state index contributed by atoms with van der Waals surface area (Å²) in [6.07, 6.45) is -4.91. The molecule has 2 rings (SSSR count). The molecule has 29 heavy (non-hydrogen) atoms. The molecule has 0 aliphatic rings. The number of alkyl halides is 6. The third-order valence-electron chi connectivity index (χ3n) is 3.76. The van der Waals surface area contributed by atoms with Crippen molar-refractivity contribution in [3.8, 4) is 0 Å². The lowest BCUT2D eigenvalue weighted by molar-refractivity contribution is -0.138. The maximum Gasteiger partial charge on any atom is 0.501 e. The van der Waals surface area contributed by atoms with Crippen LogP contribution in [-0.4, -0.2) is 28.9 Å². The van der Waals surface area contributed by atoms with Crippen LogP contribution in [0.2, 0.25) is 0 Å². The summed E-state index contributed by atoms with van der Waals surface area (Å²) in [5.74, 6) is 0. The number of sulfonamides is 1. The van der Waals surface area contributed by atoms with Crippen molar-refractivity contribution in [1.82, 2.24) is 4.72 Å². The van der Waals surface area contributed by atoms with Gasteiger partial charge >= 0.3 is 11.7 Å². The Hall–Kier alpha value is -2.12. The first-order valence-electron chi connectivity index (χ1n) is 7.72. The highest BCUT2D eigenvalue weighted by atomic mass is 32.2. The molecule has 0 aromatic heterocycles. The third-order valence-corrected chi connectivity index (χ3v) is 6.74. The molecule has 5 nitrogen and oxygen atoms in total. The molecule has 0 bridgehead atoms. The monoisotopic (exact) mass is 461 g/mol. The van der Waals surface area contributed by atoms with Crippen molar-refractivity contribution in [2.24, 2.45) is 0 Å². The minimum atomic E-state index is -5.63. The zero-order valence-electron chi connectivity index (χ0n) is 14.3. The molecule has 0 atom stereocenters. The van der Waals surface area contributed by atoms with Gasteiger partial charge in [-0.25, -0.2) is 21.6 Å². The molecule has 0 amide bonds. The van der Waals surface area contributed by atoms with E-state index in [0.717, 1.165) is 6.07 Å². The molecule has 0 aliphatic carbocycles. The van der Waals surface area contributed by atoms with Gasteiger partial charge in [0.25, 0.3) is 9.84 Å². The number of benzene rings is 2. The summed E-state index contributed by atoms with van der Waals surface area (Å²) in [4.78, 5) is -1.68. The molecule has 0 saturated heterocycles. The number of rotatable bonds is 6. The van der Waals surface area contributed by atoms with Gasteiger partial charge in [0.05, 0.1) is 15.4 Å². The van der Waals surface area contributed by atoms with Crippen molar-refractivity contribution in [3.63, 3.8) is 0 Å². The van der Waals surface area contributed by atoms with E-state index in [1.54, 1.807) is 0 Å². The first-order chi connectivity index (χ1) is 13.2. The van der Waals surface area contributed by atoms with Gasteiger partial charge in [-0.1, -0.05) is 18.2 Å². The maximum absolute atomic E-state index is 12.9. The average molecular weight is 461 g/mol. The highest BCUT2D eigenvalue weighted by Crippen LogP contribution is 2.32. The number of sulfone groups is 1. The predicted octanol–water partition coefficient (Wildman–Crippen LogP) is 3.52. The van der Waals surface area contributed by atoms with Crippen LogP contribution in [0, 0.1) is 0 Å². The van der Waals surface area contributed by atoms with E-state index >= 15 is 0 Å². The maximum atomic E-state index is 12.9. The summed E-state index contributed by atoms with van der Waals surface area (Å²) in [7, 11) is -9.92. The minimum Gasteiger partial charge on any atom is -0.214 e. The molecule has 0 saturated carbocycles. The van der Waals surface area contributed by atoms with E-state index in [0.29, 0.717) is 24.3 Å². The molecule has 2 aromatic carbocycles. The third kappa shape index (κ3) is 5.28. The van der Waals surface area contributed by atoms with E-state index in [-0.39, 0.29) is 12.0 Å². The van der Waals surface area contributed by atoms with Gasteiger partial charge in [0.2, 0.25) is 10.0 Å². The van der Waals surface area contributed by atoms with Gasteiger partial charge in [0.15, 0.2) is 0 Å². The minimum absolute atomic E-state index is 0.144. The number of nitrogens with one attached hydrogen (secondary N) is 1. The standard InChI is InChI=1S/C16H13F6NO4S2/c17-15(18,19)14-4-2-1-3-11(14)9-10-23-29(26,27)13-7-5-12(6-8-13)28(24,25)16(20,21)22/h1-8,23H,9-10H2. The Morgan fingerprint density at radius 2 is 1.28 bits per heavy atom. The number of hydrogen-bond acceptors (Lipinski definition) is 4. The Balaban J connectivity index is 2.14. The van der Waals surface area contributed by atoms with Gasteiger partial charge in [-0.2, -0.15) is 26.3 Å². The lowest BCUT2D eigenvalue weighted by Gasteiger charge is -2.13. The fourth-order valence-electron chi connectivity index (χ4n) is 2.35. The highest BCUT2D eigenvalue weighted by Gasteiger charge is 2.46. The first kappa shape index (κ1) is 23.2. The predicted molar refractivity (Wildman–Crippen MR) is 90.0 cm³/mol. The molecular formula is C16H13F6NO4S2. The van der Waals surface area contributed by atoms with Crippen LogP contribution < -0.4 is 4.72 Å². The molecule has 13 heteroatoms. The lowest BCUT2D eigenvalue weighted by Crippen LogP contribution is -2.27. The Bertz CT molecular complexity index is 1080. The summed E-state index contributed by atoms with van der Waals surface area (Å²) >= 11 is 0. The molecule has 160 valence electrons. The topological polar surface area (TPSA) is 80.3 Å². The van der Waals surface area contributed by atoms with Crippen LogP contribution in [0.1, 0.15) is 11.1 Å². The molecule has 0 radical (unpaired) electrons. The van der Waals surface area contributed by atoms with Crippen molar-refractivity contribution in [2.45, 2.75) is 27.9 Å². The molecule has 0 spiro atoms. The average Bonchev–Trinajstić information content (AvgIpc) is 2.60. The fraction of sp³-hybridized carbons (Fsp3) is 0.250. The van der Waals surface area contributed by atoms with Gasteiger partial charge in [-0.3, -0.25) is 0 Å². The van der Waals surface area contributed by atoms with Crippen LogP contribution in [0.15, 0.2) is 58.3 Å². The number of hydrogen-bond donors (Lipinski definition) is 1. The summed E-state index contributed by atoms with van der Waals surface area (Å²) in [5, 5.41) is 0. The summed E-state index contributed by atoms with van der Waals surface area (Å²) in [5.41, 5.74) is -6.60. The van der Waals surface area contributed by atoms with Gasteiger partial charge < -0.3 is 0 Å². The lowest BCUT2D eigenvalue weighted by atomic mass is 10.0. The molecule has 0 fully saturated rings. The van der Waals surface area contributed by atoms with Crippen molar-refractivity contribution in [2.75, 3.05) is 6.54 Å². The Labute approximate surface area is 162 Å². The summed E-state index contributed by atoms with van der Waals surface area (Å²) in [6, 6.07) is 6.87. The second-order valence-electron chi connectivity index (χ2n) is 5.72. The fourth-order valence-corrected chi connectivity index (χ4v) is 4.14. The van der Waals surface area contributed by atoms with Gasteiger partial charge in [0.1, 0.15) is 0 Å². The second kappa shape index (κ2) is 7.95. The molecule has 0 heterocycles. The first-order valence-corrected chi connectivity index (χ1v) is 10.7. The summed E-state index contributed by atoms with van der Waals surface area (Å²) in [6.45, 7) is -0.419. The Morgan fingerprint density at radius 1 is 0.759 bits per heavy atom. The van der Waals surface area contributed by atoms with Gasteiger partial charge in [-0.05, 0) is 42.3 Å². The van der Waals surface area contributed by atoms with Crippen LogP contribution in [0.4, 0.5) is 26.3 Å². The SMILES string of the molecule is O=S(=O)(NCCc1ccccc1C(F)(F)F)c1ccc(S(=O)(=O)C(F)(F)F)cc1. The van der Waals surface area contributed by atoms with Crippen LogP contribution in [0.5, 0.6) is 0 Å². The zero-order valence-corrected chi connectivity index (χ0v) is 15.9. The Kier molecular flexibility index (Phi) is 6.35. The van der Waals surface area contributed by atoms with Crippen LogP contribution in [0.25, 0.3) is 0 Å². The van der Waals surface area contributed by atoms with Crippen molar-refractivity contribution in [1.29, 1.82) is 0 Å². The second-order valence-corrected chi connectivity index (χ2v) is 9.43. The molecule has 0 unspecified atom stereocenters. The smallest absolute Gasteiger partial charge is 0.214 e. The van der Waals surface area contributed by atoms with E-state index in [4.69, 9.17) is 0 Å². The van der Waals surface area contributed by atoms with Crippen LogP contribution in [0.3, 0.4) is 0 Å². The number of halogens is 6. The van der Waals surface area contributed by atoms with Crippen molar-refractivity contribution in [3.05, 3.63) is 59.7 Å². The van der Waals surface area contributed by atoms with E-state index in [1.807, 2.05) is 4.72 Å².